The van der Waals surface area contributed by atoms with Gasteiger partial charge in [0.1, 0.15) is 0 Å². The average molecular weight is 335 g/mol. The number of thioether (sulfide) groups is 1. The Morgan fingerprint density at radius 2 is 2.35 bits per heavy atom. The van der Waals surface area contributed by atoms with Crippen LogP contribution in [0.1, 0.15) is 18.9 Å². The van der Waals surface area contributed by atoms with Crippen molar-refractivity contribution in [2.75, 3.05) is 23.7 Å². The van der Waals surface area contributed by atoms with Gasteiger partial charge in [-0.15, -0.1) is 0 Å². The van der Waals surface area contributed by atoms with Gasteiger partial charge in [-0.25, -0.2) is 0 Å². The maximum atomic E-state index is 6.36. The molecular weight excluding hydrogens is 318 g/mol. The Morgan fingerprint density at radius 1 is 1.53 bits per heavy atom. The third-order valence-corrected chi connectivity index (χ3v) is 5.42. The lowest BCUT2D eigenvalue weighted by Gasteiger charge is -2.34. The van der Waals surface area contributed by atoms with Crippen LogP contribution in [0.3, 0.4) is 0 Å². The van der Waals surface area contributed by atoms with E-state index in [0.29, 0.717) is 0 Å². The van der Waals surface area contributed by atoms with Crippen LogP contribution >= 0.6 is 39.3 Å². The molecule has 17 heavy (non-hydrogen) atoms. The largest absolute Gasteiger partial charge is 0.368 e. The van der Waals surface area contributed by atoms with Gasteiger partial charge in [0.15, 0.2) is 0 Å². The van der Waals surface area contributed by atoms with Crippen LogP contribution in [0.4, 0.5) is 5.69 Å². The van der Waals surface area contributed by atoms with E-state index in [1.165, 1.54) is 23.4 Å². The molecule has 1 aliphatic heterocycles. The second kappa shape index (κ2) is 6.35. The number of hydrogen-bond acceptors (Lipinski definition) is 2. The van der Waals surface area contributed by atoms with Gasteiger partial charge in [-0.3, -0.25) is 0 Å². The maximum absolute atomic E-state index is 6.36. The fourth-order valence-corrected chi connectivity index (χ4v) is 3.93. The van der Waals surface area contributed by atoms with Crippen LogP contribution in [0.2, 0.25) is 5.02 Å². The molecule has 0 amide bonds. The molecule has 1 fully saturated rings. The van der Waals surface area contributed by atoms with E-state index in [9.17, 15) is 0 Å². The number of benzene rings is 1. The van der Waals surface area contributed by atoms with Crippen LogP contribution < -0.4 is 4.90 Å². The summed E-state index contributed by atoms with van der Waals surface area (Å²) in [7, 11) is 0. The summed E-state index contributed by atoms with van der Waals surface area (Å²) in [5, 5.41) is 2.49. The van der Waals surface area contributed by atoms with E-state index in [2.05, 4.69) is 57.7 Å². The lowest BCUT2D eigenvalue weighted by Crippen LogP contribution is -2.37. The summed E-state index contributed by atoms with van der Waals surface area (Å²) in [6.45, 7) is 4.49. The zero-order valence-corrected chi connectivity index (χ0v) is 13.1. The van der Waals surface area contributed by atoms with Crippen molar-refractivity contribution in [1.29, 1.82) is 0 Å². The van der Waals surface area contributed by atoms with Crippen molar-refractivity contribution in [3.05, 3.63) is 28.8 Å². The number of alkyl halides is 1. The van der Waals surface area contributed by atoms with Crippen LogP contribution in [-0.4, -0.2) is 24.1 Å². The molecule has 4 heteroatoms. The monoisotopic (exact) mass is 333 g/mol. The van der Waals surface area contributed by atoms with Crippen LogP contribution in [-0.2, 0) is 5.33 Å². The highest BCUT2D eigenvalue weighted by Crippen LogP contribution is 2.31. The third-order valence-electron chi connectivity index (χ3n) is 3.10. The summed E-state index contributed by atoms with van der Waals surface area (Å²) in [4.78, 5) is 2.42. The van der Waals surface area contributed by atoms with Crippen molar-refractivity contribution in [3.8, 4) is 0 Å². The highest BCUT2D eigenvalue weighted by atomic mass is 79.9. The Hall–Kier alpha value is 0.140. The summed E-state index contributed by atoms with van der Waals surface area (Å²) >= 11 is 11.9. The lowest BCUT2D eigenvalue weighted by atomic mass is 10.2. The molecule has 94 valence electrons. The molecule has 1 saturated heterocycles. The highest BCUT2D eigenvalue weighted by molar-refractivity contribution is 9.08. The first kappa shape index (κ1) is 13.6. The Balaban J connectivity index is 2.16. The van der Waals surface area contributed by atoms with E-state index in [1.54, 1.807) is 0 Å². The van der Waals surface area contributed by atoms with E-state index in [0.717, 1.165) is 28.7 Å². The standard InChI is InChI=1S/C13H17BrClNS/c1-2-11-9-16(5-6-17-11)13-4-3-10(8-14)7-12(13)15/h3-4,7,11H,2,5-6,8-9H2,1H3. The van der Waals surface area contributed by atoms with Gasteiger partial charge < -0.3 is 4.90 Å². The third kappa shape index (κ3) is 3.33. The van der Waals surface area contributed by atoms with Crippen molar-refractivity contribution >= 4 is 45.0 Å². The van der Waals surface area contributed by atoms with E-state index in [-0.39, 0.29) is 0 Å². The molecule has 0 radical (unpaired) electrons. The predicted octanol–water partition coefficient (Wildman–Crippen LogP) is 4.57. The number of nitrogens with zero attached hydrogens (tertiary/aromatic N) is 1. The molecular formula is C13H17BrClNS. The Bertz CT molecular complexity index is 386. The van der Waals surface area contributed by atoms with Gasteiger partial charge in [-0.1, -0.05) is 40.5 Å². The zero-order valence-electron chi connectivity index (χ0n) is 9.96. The van der Waals surface area contributed by atoms with Gasteiger partial charge in [-0.2, -0.15) is 11.8 Å². The van der Waals surface area contributed by atoms with Crippen molar-refractivity contribution in [2.45, 2.75) is 23.9 Å². The second-order valence-electron chi connectivity index (χ2n) is 4.27. The summed E-state index contributed by atoms with van der Waals surface area (Å²) in [6.07, 6.45) is 1.23. The van der Waals surface area contributed by atoms with Gasteiger partial charge in [-0.05, 0) is 24.1 Å². The van der Waals surface area contributed by atoms with Crippen molar-refractivity contribution in [3.63, 3.8) is 0 Å². The van der Waals surface area contributed by atoms with Crippen LogP contribution in [0.15, 0.2) is 18.2 Å². The molecule has 1 unspecified atom stereocenters. The molecule has 1 aromatic rings. The van der Waals surface area contributed by atoms with Crippen LogP contribution in [0, 0.1) is 0 Å². The van der Waals surface area contributed by atoms with E-state index in [4.69, 9.17) is 11.6 Å². The molecule has 0 N–H and O–H groups in total. The summed E-state index contributed by atoms with van der Waals surface area (Å²) in [5.74, 6) is 1.20. The fraction of sp³-hybridized carbons (Fsp3) is 0.538. The first-order valence-corrected chi connectivity index (χ1v) is 8.50. The first-order chi connectivity index (χ1) is 8.24. The molecule has 1 heterocycles. The number of anilines is 1. The molecule has 2 rings (SSSR count). The SMILES string of the molecule is CCC1CN(c2ccc(CBr)cc2Cl)CCS1. The molecule has 1 nitrogen and oxygen atoms in total. The van der Waals surface area contributed by atoms with Gasteiger partial charge in [0.05, 0.1) is 10.7 Å². The minimum Gasteiger partial charge on any atom is -0.368 e. The Kier molecular flexibility index (Phi) is 5.07. The Labute approximate surface area is 121 Å². The molecule has 0 aliphatic carbocycles. The summed E-state index contributed by atoms with van der Waals surface area (Å²) in [5.41, 5.74) is 2.42. The number of rotatable bonds is 3. The second-order valence-corrected chi connectivity index (χ2v) is 6.64. The maximum Gasteiger partial charge on any atom is 0.0642 e. The van der Waals surface area contributed by atoms with Crippen molar-refractivity contribution in [1.82, 2.24) is 0 Å². The van der Waals surface area contributed by atoms with Crippen LogP contribution in [0.25, 0.3) is 0 Å². The molecule has 0 bridgehead atoms. The lowest BCUT2D eigenvalue weighted by molar-refractivity contribution is 0.728. The first-order valence-electron chi connectivity index (χ1n) is 5.95. The molecule has 1 aromatic carbocycles. The quantitative estimate of drug-likeness (QED) is 0.745. The Morgan fingerprint density at radius 3 is 3.00 bits per heavy atom. The molecule has 0 aromatic heterocycles. The van der Waals surface area contributed by atoms with Gasteiger partial charge >= 0.3 is 0 Å². The predicted molar refractivity (Wildman–Crippen MR) is 82.8 cm³/mol. The number of hydrogen-bond donors (Lipinski definition) is 0. The van der Waals surface area contributed by atoms with Crippen molar-refractivity contribution in [2.24, 2.45) is 0 Å². The fourth-order valence-electron chi connectivity index (χ4n) is 2.08. The smallest absolute Gasteiger partial charge is 0.0642 e. The summed E-state index contributed by atoms with van der Waals surface area (Å²) in [6, 6.07) is 6.37. The minimum atomic E-state index is 0.746. The zero-order chi connectivity index (χ0) is 12.3. The van der Waals surface area contributed by atoms with E-state index < -0.39 is 0 Å². The van der Waals surface area contributed by atoms with Gasteiger partial charge in [0, 0.05) is 29.4 Å². The van der Waals surface area contributed by atoms with E-state index in [1.807, 2.05) is 0 Å². The van der Waals surface area contributed by atoms with Gasteiger partial charge in [0.25, 0.3) is 0 Å². The van der Waals surface area contributed by atoms with Crippen LogP contribution in [0.5, 0.6) is 0 Å². The molecule has 0 spiro atoms. The molecule has 0 saturated carbocycles. The normalized spacial score (nSPS) is 20.6. The molecule has 1 aliphatic rings. The summed E-state index contributed by atoms with van der Waals surface area (Å²) < 4.78 is 0. The number of halogens is 2. The average Bonchev–Trinajstić information content (AvgIpc) is 2.38. The molecule has 1 atom stereocenters. The minimum absolute atomic E-state index is 0.746. The van der Waals surface area contributed by atoms with E-state index >= 15 is 0 Å². The highest BCUT2D eigenvalue weighted by Gasteiger charge is 2.20. The van der Waals surface area contributed by atoms with Gasteiger partial charge in [0.2, 0.25) is 0 Å². The van der Waals surface area contributed by atoms with Crippen molar-refractivity contribution < 1.29 is 0 Å². The topological polar surface area (TPSA) is 3.24 Å².